The topological polar surface area (TPSA) is 21.3 Å². The van der Waals surface area contributed by atoms with Crippen LogP contribution in [0.3, 0.4) is 0 Å². The van der Waals surface area contributed by atoms with Gasteiger partial charge in [0.1, 0.15) is 5.75 Å². The molecule has 0 fully saturated rings. The molecule has 1 unspecified atom stereocenters. The third-order valence-electron chi connectivity index (χ3n) is 3.53. The molecule has 0 aliphatic heterocycles. The Morgan fingerprint density at radius 2 is 2.31 bits per heavy atom. The van der Waals surface area contributed by atoms with Crippen LogP contribution in [0.5, 0.6) is 5.75 Å². The van der Waals surface area contributed by atoms with Gasteiger partial charge in [0.15, 0.2) is 0 Å². The first-order chi connectivity index (χ1) is 7.85. The molecule has 88 valence electrons. The van der Waals surface area contributed by atoms with Gasteiger partial charge in [-0.05, 0) is 68.5 Å². The van der Waals surface area contributed by atoms with Gasteiger partial charge >= 0.3 is 0 Å². The monoisotopic (exact) mass is 219 g/mol. The number of nitrogens with one attached hydrogen (secondary N) is 1. The maximum absolute atomic E-state index is 5.28. The van der Waals surface area contributed by atoms with Crippen molar-refractivity contribution in [3.63, 3.8) is 0 Å². The summed E-state index contributed by atoms with van der Waals surface area (Å²) in [6.07, 6.45) is 5.11. The standard InChI is InChI=1S/C14H21NO/c1-15-9-8-11-4-3-5-12-10-13(16-2)6-7-14(11)12/h6-7,10-11,15H,3-5,8-9H2,1-2H3. The van der Waals surface area contributed by atoms with Crippen LogP contribution in [0.1, 0.15) is 36.3 Å². The molecular formula is C14H21NO. The molecule has 1 aliphatic carbocycles. The van der Waals surface area contributed by atoms with Crippen LogP contribution in [-0.4, -0.2) is 20.7 Å². The number of ether oxygens (including phenoxy) is 1. The summed E-state index contributed by atoms with van der Waals surface area (Å²) in [5.41, 5.74) is 3.04. The van der Waals surface area contributed by atoms with E-state index in [0.717, 1.165) is 18.2 Å². The Balaban J connectivity index is 2.18. The molecule has 0 saturated carbocycles. The summed E-state index contributed by atoms with van der Waals surface area (Å²) in [6.45, 7) is 1.11. The molecule has 1 aromatic rings. The van der Waals surface area contributed by atoms with Gasteiger partial charge in [-0.25, -0.2) is 0 Å². The summed E-state index contributed by atoms with van der Waals surface area (Å²) in [4.78, 5) is 0. The Hall–Kier alpha value is -1.02. The minimum atomic E-state index is 0.738. The molecule has 1 aromatic carbocycles. The summed E-state index contributed by atoms with van der Waals surface area (Å²) in [5, 5.41) is 3.24. The third kappa shape index (κ3) is 2.38. The van der Waals surface area contributed by atoms with E-state index < -0.39 is 0 Å². The summed E-state index contributed by atoms with van der Waals surface area (Å²) in [7, 11) is 3.76. The molecule has 0 amide bonds. The van der Waals surface area contributed by atoms with Crippen LogP contribution < -0.4 is 10.1 Å². The van der Waals surface area contributed by atoms with E-state index in [2.05, 4.69) is 23.5 Å². The van der Waals surface area contributed by atoms with E-state index in [0.29, 0.717) is 0 Å². The fourth-order valence-corrected chi connectivity index (χ4v) is 2.64. The fraction of sp³-hybridized carbons (Fsp3) is 0.571. The second-order valence-corrected chi connectivity index (χ2v) is 4.55. The van der Waals surface area contributed by atoms with Crippen LogP contribution in [-0.2, 0) is 6.42 Å². The highest BCUT2D eigenvalue weighted by atomic mass is 16.5. The summed E-state index contributed by atoms with van der Waals surface area (Å²) < 4.78 is 5.28. The van der Waals surface area contributed by atoms with Crippen molar-refractivity contribution in [2.24, 2.45) is 0 Å². The Bertz CT molecular complexity index is 349. The lowest BCUT2D eigenvalue weighted by Crippen LogP contribution is -2.16. The van der Waals surface area contributed by atoms with E-state index in [-0.39, 0.29) is 0 Å². The molecule has 0 aromatic heterocycles. The molecule has 2 nitrogen and oxygen atoms in total. The smallest absolute Gasteiger partial charge is 0.119 e. The Morgan fingerprint density at radius 1 is 1.44 bits per heavy atom. The Kier molecular flexibility index (Phi) is 3.83. The molecule has 1 aliphatic rings. The molecular weight excluding hydrogens is 198 g/mol. The summed E-state index contributed by atoms with van der Waals surface area (Å²) >= 11 is 0. The van der Waals surface area contributed by atoms with E-state index >= 15 is 0 Å². The lowest BCUT2D eigenvalue weighted by Gasteiger charge is -2.25. The largest absolute Gasteiger partial charge is 0.497 e. The molecule has 0 heterocycles. The second kappa shape index (κ2) is 5.35. The fourth-order valence-electron chi connectivity index (χ4n) is 2.64. The minimum Gasteiger partial charge on any atom is -0.497 e. The van der Waals surface area contributed by atoms with Gasteiger partial charge < -0.3 is 10.1 Å². The van der Waals surface area contributed by atoms with Crippen molar-refractivity contribution < 1.29 is 4.74 Å². The molecule has 1 N–H and O–H groups in total. The normalized spacial score (nSPS) is 19.2. The van der Waals surface area contributed by atoms with E-state index in [1.807, 2.05) is 7.05 Å². The Labute approximate surface area is 98.0 Å². The Morgan fingerprint density at radius 3 is 3.06 bits per heavy atom. The molecule has 2 rings (SSSR count). The number of methoxy groups -OCH3 is 1. The molecule has 0 saturated heterocycles. The van der Waals surface area contributed by atoms with E-state index in [1.165, 1.54) is 31.2 Å². The number of benzene rings is 1. The van der Waals surface area contributed by atoms with Crippen LogP contribution >= 0.6 is 0 Å². The van der Waals surface area contributed by atoms with Gasteiger partial charge in [0.2, 0.25) is 0 Å². The van der Waals surface area contributed by atoms with Gasteiger partial charge in [-0.1, -0.05) is 6.07 Å². The van der Waals surface area contributed by atoms with Gasteiger partial charge in [0.05, 0.1) is 7.11 Å². The van der Waals surface area contributed by atoms with Gasteiger partial charge in [-0.15, -0.1) is 0 Å². The zero-order chi connectivity index (χ0) is 11.4. The summed E-state index contributed by atoms with van der Waals surface area (Å²) in [5.74, 6) is 1.73. The van der Waals surface area contributed by atoms with Crippen molar-refractivity contribution in [2.75, 3.05) is 20.7 Å². The first-order valence-corrected chi connectivity index (χ1v) is 6.16. The van der Waals surface area contributed by atoms with Crippen molar-refractivity contribution in [1.82, 2.24) is 5.32 Å². The van der Waals surface area contributed by atoms with Crippen molar-refractivity contribution in [3.05, 3.63) is 29.3 Å². The van der Waals surface area contributed by atoms with Crippen molar-refractivity contribution in [1.29, 1.82) is 0 Å². The highest BCUT2D eigenvalue weighted by Gasteiger charge is 2.19. The number of hydrogen-bond acceptors (Lipinski definition) is 2. The lowest BCUT2D eigenvalue weighted by molar-refractivity contribution is 0.412. The number of hydrogen-bond donors (Lipinski definition) is 1. The lowest BCUT2D eigenvalue weighted by atomic mass is 9.81. The van der Waals surface area contributed by atoms with E-state index in [4.69, 9.17) is 4.74 Å². The van der Waals surface area contributed by atoms with Crippen LogP contribution in [0.2, 0.25) is 0 Å². The van der Waals surface area contributed by atoms with Crippen molar-refractivity contribution >= 4 is 0 Å². The zero-order valence-corrected chi connectivity index (χ0v) is 10.3. The first-order valence-electron chi connectivity index (χ1n) is 6.16. The minimum absolute atomic E-state index is 0.738. The van der Waals surface area contributed by atoms with Gasteiger partial charge in [-0.2, -0.15) is 0 Å². The van der Waals surface area contributed by atoms with Crippen LogP contribution in [0, 0.1) is 0 Å². The molecule has 0 bridgehead atoms. The number of aryl methyl sites for hydroxylation is 1. The molecule has 0 spiro atoms. The van der Waals surface area contributed by atoms with Crippen LogP contribution in [0.15, 0.2) is 18.2 Å². The third-order valence-corrected chi connectivity index (χ3v) is 3.53. The van der Waals surface area contributed by atoms with Gasteiger partial charge in [-0.3, -0.25) is 0 Å². The van der Waals surface area contributed by atoms with Gasteiger partial charge in [0.25, 0.3) is 0 Å². The maximum Gasteiger partial charge on any atom is 0.119 e. The predicted octanol–water partition coefficient (Wildman–Crippen LogP) is 2.72. The second-order valence-electron chi connectivity index (χ2n) is 4.55. The van der Waals surface area contributed by atoms with E-state index in [9.17, 15) is 0 Å². The number of fused-ring (bicyclic) bond motifs is 1. The maximum atomic E-state index is 5.28. The number of rotatable bonds is 4. The zero-order valence-electron chi connectivity index (χ0n) is 10.3. The highest BCUT2D eigenvalue weighted by molar-refractivity contribution is 5.39. The molecule has 16 heavy (non-hydrogen) atoms. The van der Waals surface area contributed by atoms with Gasteiger partial charge in [0, 0.05) is 0 Å². The predicted molar refractivity (Wildman–Crippen MR) is 67.2 cm³/mol. The first kappa shape index (κ1) is 11.5. The van der Waals surface area contributed by atoms with Crippen LogP contribution in [0.4, 0.5) is 0 Å². The highest BCUT2D eigenvalue weighted by Crippen LogP contribution is 2.35. The molecule has 1 atom stereocenters. The average molecular weight is 219 g/mol. The summed E-state index contributed by atoms with van der Waals surface area (Å²) in [6, 6.07) is 6.56. The van der Waals surface area contributed by atoms with Crippen molar-refractivity contribution in [3.8, 4) is 5.75 Å². The van der Waals surface area contributed by atoms with E-state index in [1.54, 1.807) is 12.7 Å². The van der Waals surface area contributed by atoms with Crippen LogP contribution in [0.25, 0.3) is 0 Å². The SMILES string of the molecule is CNCCC1CCCc2cc(OC)ccc21. The molecule has 2 heteroatoms. The average Bonchev–Trinajstić information content (AvgIpc) is 2.35. The molecule has 0 radical (unpaired) electrons. The van der Waals surface area contributed by atoms with Crippen molar-refractivity contribution in [2.45, 2.75) is 31.6 Å². The quantitative estimate of drug-likeness (QED) is 0.840.